The molecule has 2 heterocycles. The molecule has 4 rings (SSSR count). The highest BCUT2D eigenvalue weighted by Crippen LogP contribution is 2.28. The van der Waals surface area contributed by atoms with Crippen LogP contribution in [0.15, 0.2) is 58.5 Å². The molecule has 0 fully saturated rings. The van der Waals surface area contributed by atoms with Gasteiger partial charge in [0, 0.05) is 28.4 Å². The largest absolute Gasteiger partial charge is 0.339 e. The molecule has 0 radical (unpaired) electrons. The summed E-state index contributed by atoms with van der Waals surface area (Å²) >= 11 is 6.10. The van der Waals surface area contributed by atoms with E-state index in [1.807, 2.05) is 18.2 Å². The number of hydrogen-bond donors (Lipinski definition) is 1. The van der Waals surface area contributed by atoms with E-state index in [2.05, 4.69) is 15.3 Å². The summed E-state index contributed by atoms with van der Waals surface area (Å²) < 4.78 is 23.7. The second-order valence-electron chi connectivity index (χ2n) is 5.90. The van der Waals surface area contributed by atoms with Crippen LogP contribution in [0.1, 0.15) is 11.1 Å². The van der Waals surface area contributed by atoms with E-state index in [4.69, 9.17) is 11.6 Å². The Kier molecular flexibility index (Phi) is 3.74. The van der Waals surface area contributed by atoms with Gasteiger partial charge in [-0.3, -0.25) is 9.98 Å². The van der Waals surface area contributed by atoms with E-state index >= 15 is 0 Å². The van der Waals surface area contributed by atoms with Crippen molar-refractivity contribution in [2.75, 3.05) is 11.6 Å². The second kappa shape index (κ2) is 5.82. The molecule has 0 unspecified atom stereocenters. The topological polar surface area (TPSA) is 71.4 Å². The zero-order valence-electron chi connectivity index (χ0n) is 13.3. The molecule has 1 aromatic heterocycles. The minimum Gasteiger partial charge on any atom is -0.339 e. The number of fused-ring (bicyclic) bond motifs is 2. The molecule has 0 amide bonds. The van der Waals surface area contributed by atoms with Crippen LogP contribution in [0.5, 0.6) is 0 Å². The third kappa shape index (κ3) is 2.99. The van der Waals surface area contributed by atoms with Gasteiger partial charge in [-0.15, -0.1) is 0 Å². The molecule has 1 aliphatic rings. The average molecular weight is 372 g/mol. The fourth-order valence-electron chi connectivity index (χ4n) is 2.86. The van der Waals surface area contributed by atoms with Crippen LogP contribution in [0.25, 0.3) is 10.9 Å². The van der Waals surface area contributed by atoms with Crippen LogP contribution in [-0.4, -0.2) is 25.5 Å². The standard InChI is InChI=1S/C18H14ClN3O2S/c1-25(23,24)13-4-5-16-15(9-13)17(6-7-20-16)22-18-14-8-12(19)3-2-11(14)10-21-18/h2-9H,10H2,1H3,(H,20,21,22). The first kappa shape index (κ1) is 16.1. The van der Waals surface area contributed by atoms with E-state index in [-0.39, 0.29) is 4.90 Å². The van der Waals surface area contributed by atoms with Crippen molar-refractivity contribution in [3.63, 3.8) is 0 Å². The molecule has 0 aliphatic carbocycles. The Labute approximate surface area is 150 Å². The molecular weight excluding hydrogens is 358 g/mol. The fourth-order valence-corrected chi connectivity index (χ4v) is 3.68. The Morgan fingerprint density at radius 1 is 1.12 bits per heavy atom. The van der Waals surface area contributed by atoms with Crippen LogP contribution in [-0.2, 0) is 16.4 Å². The average Bonchev–Trinajstić information content (AvgIpc) is 2.96. The number of halogens is 1. The smallest absolute Gasteiger partial charge is 0.175 e. The zero-order valence-corrected chi connectivity index (χ0v) is 14.9. The van der Waals surface area contributed by atoms with Gasteiger partial charge in [0.2, 0.25) is 0 Å². The number of hydrogen-bond acceptors (Lipinski definition) is 5. The number of aromatic nitrogens is 1. The number of rotatable bonds is 2. The Morgan fingerprint density at radius 2 is 1.96 bits per heavy atom. The Balaban J connectivity index is 1.80. The minimum absolute atomic E-state index is 0.257. The summed E-state index contributed by atoms with van der Waals surface area (Å²) in [4.78, 5) is 9.09. The number of nitrogens with zero attached hydrogens (tertiary/aromatic N) is 2. The molecule has 1 N–H and O–H groups in total. The van der Waals surface area contributed by atoms with Crippen LogP contribution < -0.4 is 5.32 Å². The first-order valence-corrected chi connectivity index (χ1v) is 9.88. The number of benzene rings is 2. The van der Waals surface area contributed by atoms with E-state index in [0.717, 1.165) is 28.0 Å². The maximum atomic E-state index is 11.9. The molecule has 25 heavy (non-hydrogen) atoms. The van der Waals surface area contributed by atoms with Crippen molar-refractivity contribution in [1.82, 2.24) is 4.98 Å². The first-order chi connectivity index (χ1) is 11.9. The van der Waals surface area contributed by atoms with E-state index in [9.17, 15) is 8.42 Å². The predicted molar refractivity (Wildman–Crippen MR) is 100 cm³/mol. The quantitative estimate of drug-likeness (QED) is 0.746. The lowest BCUT2D eigenvalue weighted by atomic mass is 10.1. The van der Waals surface area contributed by atoms with Gasteiger partial charge in [-0.2, -0.15) is 0 Å². The lowest BCUT2D eigenvalue weighted by Gasteiger charge is -2.11. The summed E-state index contributed by atoms with van der Waals surface area (Å²) in [7, 11) is -3.30. The molecule has 5 nitrogen and oxygen atoms in total. The van der Waals surface area contributed by atoms with Gasteiger partial charge in [-0.05, 0) is 42.0 Å². The van der Waals surface area contributed by atoms with Gasteiger partial charge in [0.1, 0.15) is 5.84 Å². The van der Waals surface area contributed by atoms with Crippen molar-refractivity contribution in [2.24, 2.45) is 4.99 Å². The highest BCUT2D eigenvalue weighted by atomic mass is 35.5. The van der Waals surface area contributed by atoms with Crippen molar-refractivity contribution >= 4 is 43.9 Å². The number of aliphatic imine (C=N–C) groups is 1. The number of sulfone groups is 1. The normalized spacial score (nSPS) is 13.6. The number of anilines is 1. The van der Waals surface area contributed by atoms with Crippen molar-refractivity contribution < 1.29 is 8.42 Å². The summed E-state index contributed by atoms with van der Waals surface area (Å²) in [6.45, 7) is 0.590. The van der Waals surface area contributed by atoms with Crippen molar-refractivity contribution in [3.05, 3.63) is 64.8 Å². The van der Waals surface area contributed by atoms with E-state index < -0.39 is 9.84 Å². The van der Waals surface area contributed by atoms with Gasteiger partial charge >= 0.3 is 0 Å². The highest BCUT2D eigenvalue weighted by molar-refractivity contribution is 7.90. The Hall–Kier alpha value is -2.44. The van der Waals surface area contributed by atoms with Gasteiger partial charge in [-0.25, -0.2) is 8.42 Å². The summed E-state index contributed by atoms with van der Waals surface area (Å²) in [6, 6.07) is 12.4. The summed E-state index contributed by atoms with van der Waals surface area (Å²) in [5, 5.41) is 4.68. The van der Waals surface area contributed by atoms with Gasteiger partial charge < -0.3 is 5.32 Å². The molecule has 2 aromatic carbocycles. The molecule has 126 valence electrons. The number of amidine groups is 1. The molecular formula is C18H14ClN3O2S. The molecule has 1 aliphatic heterocycles. The van der Waals surface area contributed by atoms with Crippen LogP contribution in [0.4, 0.5) is 5.69 Å². The number of nitrogens with one attached hydrogen (secondary N) is 1. The van der Waals surface area contributed by atoms with E-state index in [0.29, 0.717) is 17.1 Å². The molecule has 0 saturated carbocycles. The van der Waals surface area contributed by atoms with Gasteiger partial charge in [0.05, 0.1) is 22.6 Å². The molecule has 0 atom stereocenters. The molecule has 0 spiro atoms. The SMILES string of the molecule is CS(=O)(=O)c1ccc2nccc(NC3=NCc4ccc(Cl)cc43)c2c1. The predicted octanol–water partition coefficient (Wildman–Crippen LogP) is 3.66. The van der Waals surface area contributed by atoms with Gasteiger partial charge in [0.25, 0.3) is 0 Å². The summed E-state index contributed by atoms with van der Waals surface area (Å²) in [5.41, 5.74) is 3.52. The van der Waals surface area contributed by atoms with Crippen molar-refractivity contribution in [3.8, 4) is 0 Å². The lowest BCUT2D eigenvalue weighted by Crippen LogP contribution is -2.12. The van der Waals surface area contributed by atoms with E-state index in [1.54, 1.807) is 30.5 Å². The van der Waals surface area contributed by atoms with Gasteiger partial charge in [0.15, 0.2) is 9.84 Å². The number of pyridine rings is 1. The van der Waals surface area contributed by atoms with E-state index in [1.165, 1.54) is 6.26 Å². The maximum absolute atomic E-state index is 11.9. The summed E-state index contributed by atoms with van der Waals surface area (Å²) in [6.07, 6.45) is 2.87. The highest BCUT2D eigenvalue weighted by Gasteiger charge is 2.18. The first-order valence-electron chi connectivity index (χ1n) is 7.61. The van der Waals surface area contributed by atoms with Crippen LogP contribution in [0, 0.1) is 0 Å². The van der Waals surface area contributed by atoms with Crippen LogP contribution in [0.2, 0.25) is 5.02 Å². The maximum Gasteiger partial charge on any atom is 0.175 e. The fraction of sp³-hybridized carbons (Fsp3) is 0.111. The molecule has 7 heteroatoms. The monoisotopic (exact) mass is 371 g/mol. The van der Waals surface area contributed by atoms with Crippen molar-refractivity contribution in [1.29, 1.82) is 0 Å². The zero-order chi connectivity index (χ0) is 17.6. The van der Waals surface area contributed by atoms with Crippen LogP contribution >= 0.6 is 11.6 Å². The van der Waals surface area contributed by atoms with Crippen LogP contribution in [0.3, 0.4) is 0 Å². The third-order valence-electron chi connectivity index (χ3n) is 4.13. The Bertz CT molecular complexity index is 1140. The third-order valence-corrected chi connectivity index (χ3v) is 5.47. The summed E-state index contributed by atoms with van der Waals surface area (Å²) in [5.74, 6) is 0.717. The Morgan fingerprint density at radius 3 is 2.76 bits per heavy atom. The molecule has 3 aromatic rings. The minimum atomic E-state index is -3.30. The van der Waals surface area contributed by atoms with Gasteiger partial charge in [-0.1, -0.05) is 17.7 Å². The molecule has 0 bridgehead atoms. The van der Waals surface area contributed by atoms with Crippen molar-refractivity contribution in [2.45, 2.75) is 11.4 Å². The molecule has 0 saturated heterocycles. The lowest BCUT2D eigenvalue weighted by molar-refractivity contribution is 0.602. The second-order valence-corrected chi connectivity index (χ2v) is 8.35.